The number of hydrogen-bond acceptors (Lipinski definition) is 4. The monoisotopic (exact) mass is 599 g/mol. The fourth-order valence-electron chi connectivity index (χ4n) is 7.05. The predicted molar refractivity (Wildman–Crippen MR) is 193 cm³/mol. The van der Waals surface area contributed by atoms with Crippen LogP contribution in [0.5, 0.6) is 0 Å². The van der Waals surface area contributed by atoms with Gasteiger partial charge in [-0.05, 0) is 73.8 Å². The summed E-state index contributed by atoms with van der Waals surface area (Å²) in [5.41, 5.74) is 7.22. The summed E-state index contributed by atoms with van der Waals surface area (Å²) < 4.78 is 2.27. The summed E-state index contributed by atoms with van der Waals surface area (Å²) >= 11 is 0. The predicted octanol–water partition coefficient (Wildman–Crippen LogP) is 10.3. The van der Waals surface area contributed by atoms with Gasteiger partial charge in [0.05, 0.1) is 11.0 Å². The SMILES string of the molecule is c1ccc2cc(-c3nc4nccnc4nc3-n3c4cc5ccccc5cc4c4c(-c5ccc6ccccc6c5)cccc43)ccc2c1. The first-order valence-corrected chi connectivity index (χ1v) is 15.7. The van der Waals surface area contributed by atoms with Gasteiger partial charge >= 0.3 is 0 Å². The van der Waals surface area contributed by atoms with Crippen LogP contribution < -0.4 is 0 Å². The third kappa shape index (κ3) is 4.03. The second kappa shape index (κ2) is 10.0. The van der Waals surface area contributed by atoms with Crippen molar-refractivity contribution in [3.63, 3.8) is 0 Å². The second-order valence-corrected chi connectivity index (χ2v) is 12.0. The Bertz CT molecular complexity index is 2870. The van der Waals surface area contributed by atoms with Crippen molar-refractivity contribution in [2.45, 2.75) is 0 Å². The summed E-state index contributed by atoms with van der Waals surface area (Å²) in [7, 11) is 0. The van der Waals surface area contributed by atoms with Gasteiger partial charge in [-0.15, -0.1) is 0 Å². The molecule has 0 saturated heterocycles. The van der Waals surface area contributed by atoms with E-state index in [1.807, 2.05) is 0 Å². The Balaban J connectivity index is 1.35. The van der Waals surface area contributed by atoms with E-state index in [0.29, 0.717) is 11.3 Å². The Morgan fingerprint density at radius 3 is 1.70 bits per heavy atom. The average Bonchev–Trinajstić information content (AvgIpc) is 3.46. The van der Waals surface area contributed by atoms with E-state index in [2.05, 4.69) is 154 Å². The molecule has 0 spiro atoms. The Hall–Kier alpha value is -6.46. The lowest BCUT2D eigenvalue weighted by Crippen LogP contribution is -2.05. The summed E-state index contributed by atoms with van der Waals surface area (Å²) in [6, 6.07) is 49.8. The largest absolute Gasteiger partial charge is 0.292 e. The highest BCUT2D eigenvalue weighted by Crippen LogP contribution is 2.42. The van der Waals surface area contributed by atoms with Gasteiger partial charge in [-0.25, -0.2) is 19.9 Å². The Morgan fingerprint density at radius 2 is 1.00 bits per heavy atom. The van der Waals surface area contributed by atoms with Crippen LogP contribution in [0, 0.1) is 0 Å². The summed E-state index contributed by atoms with van der Waals surface area (Å²) in [6.07, 6.45) is 3.34. The summed E-state index contributed by atoms with van der Waals surface area (Å²) in [5.74, 6) is 0.722. The van der Waals surface area contributed by atoms with E-state index in [9.17, 15) is 0 Å². The number of nitrogens with zero attached hydrogens (tertiary/aromatic N) is 5. The van der Waals surface area contributed by atoms with Gasteiger partial charge in [0.25, 0.3) is 0 Å². The van der Waals surface area contributed by atoms with E-state index in [0.717, 1.165) is 44.3 Å². The van der Waals surface area contributed by atoms with E-state index < -0.39 is 0 Å². The van der Waals surface area contributed by atoms with Crippen molar-refractivity contribution in [3.05, 3.63) is 152 Å². The fourth-order valence-corrected chi connectivity index (χ4v) is 7.05. The maximum absolute atomic E-state index is 5.22. The van der Waals surface area contributed by atoms with Crippen LogP contribution in [0.4, 0.5) is 0 Å². The molecule has 218 valence electrons. The Kier molecular flexibility index (Phi) is 5.51. The van der Waals surface area contributed by atoms with Crippen molar-refractivity contribution in [1.29, 1.82) is 0 Å². The lowest BCUT2D eigenvalue weighted by Gasteiger charge is -2.14. The van der Waals surface area contributed by atoms with Gasteiger partial charge in [0.1, 0.15) is 5.69 Å². The zero-order chi connectivity index (χ0) is 30.9. The summed E-state index contributed by atoms with van der Waals surface area (Å²) in [4.78, 5) is 19.5. The molecular formula is C42H25N5. The lowest BCUT2D eigenvalue weighted by atomic mass is 9.96. The molecule has 0 bridgehead atoms. The molecule has 0 radical (unpaired) electrons. The van der Waals surface area contributed by atoms with Crippen molar-refractivity contribution in [2.75, 3.05) is 0 Å². The van der Waals surface area contributed by atoms with Gasteiger partial charge < -0.3 is 0 Å². The highest BCUT2D eigenvalue weighted by atomic mass is 15.1. The number of rotatable bonds is 3. The van der Waals surface area contributed by atoms with Crippen LogP contribution in [0.2, 0.25) is 0 Å². The molecule has 5 heteroatoms. The van der Waals surface area contributed by atoms with Crippen LogP contribution in [0.25, 0.3) is 93.6 Å². The van der Waals surface area contributed by atoms with E-state index in [-0.39, 0.29) is 0 Å². The van der Waals surface area contributed by atoms with Gasteiger partial charge in [-0.1, -0.05) is 109 Å². The van der Waals surface area contributed by atoms with Gasteiger partial charge in [0.2, 0.25) is 0 Å². The molecule has 0 saturated carbocycles. The highest BCUT2D eigenvalue weighted by molar-refractivity contribution is 6.19. The molecule has 0 fully saturated rings. The molecule has 10 aromatic rings. The lowest BCUT2D eigenvalue weighted by molar-refractivity contribution is 1.05. The number of aromatic nitrogens is 5. The molecule has 3 aromatic heterocycles. The van der Waals surface area contributed by atoms with E-state index in [1.165, 1.54) is 38.1 Å². The minimum absolute atomic E-state index is 0.508. The minimum atomic E-state index is 0.508. The van der Waals surface area contributed by atoms with E-state index in [1.54, 1.807) is 12.4 Å². The van der Waals surface area contributed by atoms with E-state index >= 15 is 0 Å². The molecule has 0 amide bonds. The molecule has 0 aliphatic heterocycles. The number of benzene rings is 7. The topological polar surface area (TPSA) is 56.5 Å². The normalized spacial score (nSPS) is 11.8. The van der Waals surface area contributed by atoms with Gasteiger partial charge in [0.15, 0.2) is 17.1 Å². The van der Waals surface area contributed by atoms with Gasteiger partial charge in [-0.2, -0.15) is 0 Å². The molecule has 0 N–H and O–H groups in total. The smallest absolute Gasteiger partial charge is 0.199 e. The van der Waals surface area contributed by atoms with Crippen molar-refractivity contribution in [1.82, 2.24) is 24.5 Å². The van der Waals surface area contributed by atoms with Crippen LogP contribution >= 0.6 is 0 Å². The van der Waals surface area contributed by atoms with Crippen molar-refractivity contribution in [3.8, 4) is 28.2 Å². The molecule has 10 rings (SSSR count). The Morgan fingerprint density at radius 1 is 0.426 bits per heavy atom. The third-order valence-electron chi connectivity index (χ3n) is 9.25. The summed E-state index contributed by atoms with van der Waals surface area (Å²) in [5, 5.41) is 9.45. The van der Waals surface area contributed by atoms with Crippen LogP contribution in [0.1, 0.15) is 0 Å². The molecule has 0 aliphatic rings. The zero-order valence-electron chi connectivity index (χ0n) is 25.2. The molecule has 3 heterocycles. The molecule has 0 unspecified atom stereocenters. The van der Waals surface area contributed by atoms with E-state index in [4.69, 9.17) is 9.97 Å². The summed E-state index contributed by atoms with van der Waals surface area (Å²) in [6.45, 7) is 0. The third-order valence-corrected chi connectivity index (χ3v) is 9.25. The van der Waals surface area contributed by atoms with Crippen molar-refractivity contribution >= 4 is 65.4 Å². The molecular weight excluding hydrogens is 574 g/mol. The minimum Gasteiger partial charge on any atom is -0.292 e. The first kappa shape index (κ1) is 25.8. The first-order chi connectivity index (χ1) is 23.3. The second-order valence-electron chi connectivity index (χ2n) is 12.0. The number of fused-ring (bicyclic) bond motifs is 7. The standard InChI is InChI=1S/C42H25N5/c1-3-10-28-22-32(18-16-26(28)8-1)34-14-7-15-36-38(34)35-24-30-12-5-6-13-31(30)25-37(35)47(36)42-39(45-40-41(46-42)44-21-20-43-40)33-19-17-27-9-2-4-11-29(27)23-33/h1-25H. The van der Waals surface area contributed by atoms with Gasteiger partial charge in [-0.3, -0.25) is 4.57 Å². The number of hydrogen-bond donors (Lipinski definition) is 0. The van der Waals surface area contributed by atoms with Crippen LogP contribution in [0.3, 0.4) is 0 Å². The first-order valence-electron chi connectivity index (χ1n) is 15.7. The molecule has 7 aromatic carbocycles. The molecule has 5 nitrogen and oxygen atoms in total. The molecule has 0 aliphatic carbocycles. The van der Waals surface area contributed by atoms with Crippen LogP contribution in [-0.4, -0.2) is 24.5 Å². The Labute approximate surface area is 269 Å². The maximum Gasteiger partial charge on any atom is 0.199 e. The highest BCUT2D eigenvalue weighted by Gasteiger charge is 2.22. The molecule has 47 heavy (non-hydrogen) atoms. The molecule has 0 atom stereocenters. The van der Waals surface area contributed by atoms with Crippen molar-refractivity contribution < 1.29 is 0 Å². The van der Waals surface area contributed by atoms with Crippen LogP contribution in [0.15, 0.2) is 152 Å². The quantitative estimate of drug-likeness (QED) is 0.203. The zero-order valence-corrected chi connectivity index (χ0v) is 25.2. The average molecular weight is 600 g/mol. The van der Waals surface area contributed by atoms with Crippen LogP contribution in [-0.2, 0) is 0 Å². The fraction of sp³-hybridized carbons (Fsp3) is 0. The maximum atomic E-state index is 5.22. The van der Waals surface area contributed by atoms with Gasteiger partial charge in [0, 0.05) is 28.7 Å². The van der Waals surface area contributed by atoms with Crippen molar-refractivity contribution in [2.24, 2.45) is 0 Å².